The van der Waals surface area contributed by atoms with Gasteiger partial charge in [0, 0.05) is 7.05 Å². The number of nitrogens with zero attached hydrogens (tertiary/aromatic N) is 6. The standard InChI is InChI=1S/C20H25F2N9O3/c1-19(2)33-13-10(5-20(3,14(13)34-19)18(32)23-4)31-8-25-12-16(24-7-11(21)22)27-15(28-17(12)31)9-6-26-30-29-9/h6,8,10-11,13-14H,5,7H2,1-4H3,(H,23,32)(H,24,27,28)(H,26,29,30)/t10-,13+,14+,20+/m1/s1. The third-order valence-electron chi connectivity index (χ3n) is 6.36. The van der Waals surface area contributed by atoms with Crippen LogP contribution in [0, 0.1) is 5.41 Å². The Morgan fingerprint density at radius 1 is 1.32 bits per heavy atom. The maximum Gasteiger partial charge on any atom is 0.255 e. The van der Waals surface area contributed by atoms with Gasteiger partial charge in [0.05, 0.1) is 30.5 Å². The summed E-state index contributed by atoms with van der Waals surface area (Å²) in [6.45, 7) is 4.84. The van der Waals surface area contributed by atoms with Crippen LogP contribution < -0.4 is 10.6 Å². The van der Waals surface area contributed by atoms with Gasteiger partial charge < -0.3 is 24.7 Å². The van der Waals surface area contributed by atoms with Crippen LogP contribution in [0.3, 0.4) is 0 Å². The first-order chi connectivity index (χ1) is 16.1. The summed E-state index contributed by atoms with van der Waals surface area (Å²) in [6, 6.07) is -0.359. The Morgan fingerprint density at radius 2 is 2.12 bits per heavy atom. The number of aromatic amines is 1. The molecule has 1 saturated heterocycles. The number of aromatic nitrogens is 7. The number of fused-ring (bicyclic) bond motifs is 2. The topological polar surface area (TPSA) is 145 Å². The highest BCUT2D eigenvalue weighted by atomic mass is 19.3. The number of carbonyl (C=O) groups is 1. The Bertz CT molecular complexity index is 1220. The molecule has 5 rings (SSSR count). The average molecular weight is 477 g/mol. The zero-order valence-electron chi connectivity index (χ0n) is 19.0. The lowest BCUT2D eigenvalue weighted by molar-refractivity contribution is -0.171. The highest BCUT2D eigenvalue weighted by molar-refractivity contribution is 5.86. The maximum atomic E-state index is 12.9. The molecule has 0 spiro atoms. The van der Waals surface area contributed by atoms with E-state index in [1.165, 1.54) is 6.20 Å². The summed E-state index contributed by atoms with van der Waals surface area (Å²) >= 11 is 0. The van der Waals surface area contributed by atoms with Crippen molar-refractivity contribution in [2.75, 3.05) is 18.9 Å². The SMILES string of the molecule is CNC(=O)[C@@]1(C)C[C@@H](n2cnc3c(NCC(F)F)nc(-c4cn[nH]n4)nc32)[C@@H]2OC(C)(C)O[C@@H]21. The highest BCUT2D eigenvalue weighted by Crippen LogP contribution is 2.53. The van der Waals surface area contributed by atoms with Crippen LogP contribution in [0.4, 0.5) is 14.6 Å². The largest absolute Gasteiger partial charge is 0.362 e. The van der Waals surface area contributed by atoms with E-state index in [0.717, 1.165) is 0 Å². The summed E-state index contributed by atoms with van der Waals surface area (Å²) in [6.07, 6.45) is -0.157. The molecule has 3 aromatic heterocycles. The fourth-order valence-corrected chi connectivity index (χ4v) is 4.87. The number of hydrogen-bond acceptors (Lipinski definition) is 9. The number of H-pyrrole nitrogens is 1. The minimum Gasteiger partial charge on any atom is -0.362 e. The molecule has 4 atom stereocenters. The van der Waals surface area contributed by atoms with Crippen molar-refractivity contribution in [3.8, 4) is 11.5 Å². The van der Waals surface area contributed by atoms with E-state index in [1.54, 1.807) is 31.8 Å². The Balaban J connectivity index is 1.63. The van der Waals surface area contributed by atoms with Crippen molar-refractivity contribution in [2.45, 2.75) is 57.7 Å². The van der Waals surface area contributed by atoms with Crippen LogP contribution in [-0.4, -0.2) is 78.8 Å². The van der Waals surface area contributed by atoms with Crippen molar-refractivity contribution in [3.05, 3.63) is 12.5 Å². The molecule has 2 aliphatic rings. The Labute approximate surface area is 192 Å². The molecule has 0 aromatic carbocycles. The zero-order valence-corrected chi connectivity index (χ0v) is 19.0. The van der Waals surface area contributed by atoms with Crippen LogP contribution in [0.25, 0.3) is 22.7 Å². The molecule has 14 heteroatoms. The summed E-state index contributed by atoms with van der Waals surface area (Å²) < 4.78 is 40.0. The Hall–Kier alpha value is -3.26. The molecule has 0 unspecified atom stereocenters. The summed E-state index contributed by atoms with van der Waals surface area (Å²) in [5.41, 5.74) is 0.183. The monoisotopic (exact) mass is 477 g/mol. The number of imidazole rings is 1. The summed E-state index contributed by atoms with van der Waals surface area (Å²) in [5.74, 6) is -0.709. The minimum atomic E-state index is -2.59. The van der Waals surface area contributed by atoms with E-state index in [1.807, 2.05) is 6.92 Å². The molecule has 3 aromatic rings. The van der Waals surface area contributed by atoms with E-state index in [9.17, 15) is 13.6 Å². The van der Waals surface area contributed by atoms with Crippen molar-refractivity contribution in [2.24, 2.45) is 5.41 Å². The number of hydrogen-bond donors (Lipinski definition) is 3. The predicted molar refractivity (Wildman–Crippen MR) is 115 cm³/mol. The molecular formula is C20H25F2N9O3. The van der Waals surface area contributed by atoms with Crippen LogP contribution in [0.2, 0.25) is 0 Å². The summed E-state index contributed by atoms with van der Waals surface area (Å²) in [7, 11) is 1.59. The molecule has 1 aliphatic heterocycles. The lowest BCUT2D eigenvalue weighted by Crippen LogP contribution is -2.45. The average Bonchev–Trinajstić information content (AvgIpc) is 3.56. The number of carbonyl (C=O) groups excluding carboxylic acids is 1. The van der Waals surface area contributed by atoms with Gasteiger partial charge in [0.2, 0.25) is 5.91 Å². The molecule has 0 radical (unpaired) electrons. The lowest BCUT2D eigenvalue weighted by Gasteiger charge is -2.29. The van der Waals surface area contributed by atoms with Crippen LogP contribution in [0.5, 0.6) is 0 Å². The van der Waals surface area contributed by atoms with Gasteiger partial charge in [-0.15, -0.1) is 0 Å². The summed E-state index contributed by atoms with van der Waals surface area (Å²) in [4.78, 5) is 26.3. The molecule has 182 valence electrons. The van der Waals surface area contributed by atoms with Crippen LogP contribution >= 0.6 is 0 Å². The number of ether oxygens (including phenoxy) is 2. The second kappa shape index (κ2) is 7.91. The molecule has 12 nitrogen and oxygen atoms in total. The van der Waals surface area contributed by atoms with Gasteiger partial charge in [0.15, 0.2) is 23.1 Å². The third-order valence-corrected chi connectivity index (χ3v) is 6.36. The van der Waals surface area contributed by atoms with Gasteiger partial charge in [-0.05, 0) is 27.2 Å². The van der Waals surface area contributed by atoms with Crippen LogP contribution in [-0.2, 0) is 14.3 Å². The van der Waals surface area contributed by atoms with Gasteiger partial charge in [-0.1, -0.05) is 0 Å². The maximum absolute atomic E-state index is 12.9. The van der Waals surface area contributed by atoms with Crippen molar-refractivity contribution < 1.29 is 23.0 Å². The number of rotatable bonds is 6. The fourth-order valence-electron chi connectivity index (χ4n) is 4.87. The van der Waals surface area contributed by atoms with Gasteiger partial charge in [0.25, 0.3) is 6.43 Å². The van der Waals surface area contributed by atoms with E-state index >= 15 is 0 Å². The van der Waals surface area contributed by atoms with Crippen LogP contribution in [0.15, 0.2) is 12.5 Å². The quantitative estimate of drug-likeness (QED) is 0.481. The first-order valence-electron chi connectivity index (χ1n) is 10.8. The molecule has 1 aliphatic carbocycles. The van der Waals surface area contributed by atoms with E-state index in [-0.39, 0.29) is 23.6 Å². The number of nitrogens with one attached hydrogen (secondary N) is 3. The molecule has 1 amide bonds. The molecule has 3 N–H and O–H groups in total. The summed E-state index contributed by atoms with van der Waals surface area (Å²) in [5, 5.41) is 15.6. The van der Waals surface area contributed by atoms with Gasteiger partial charge in [0.1, 0.15) is 23.4 Å². The first-order valence-corrected chi connectivity index (χ1v) is 10.8. The number of alkyl halides is 2. The van der Waals surface area contributed by atoms with Crippen molar-refractivity contribution in [1.29, 1.82) is 0 Å². The number of anilines is 1. The van der Waals surface area contributed by atoms with E-state index in [4.69, 9.17) is 9.47 Å². The van der Waals surface area contributed by atoms with Crippen LogP contribution in [0.1, 0.15) is 33.2 Å². The molecule has 34 heavy (non-hydrogen) atoms. The normalized spacial score (nSPS) is 27.9. The second-order valence-corrected chi connectivity index (χ2v) is 9.14. The van der Waals surface area contributed by atoms with Gasteiger partial charge in [-0.2, -0.15) is 15.4 Å². The predicted octanol–water partition coefficient (Wildman–Crippen LogP) is 1.51. The lowest BCUT2D eigenvalue weighted by atomic mass is 9.85. The van der Waals surface area contributed by atoms with Crippen molar-refractivity contribution in [3.63, 3.8) is 0 Å². The van der Waals surface area contributed by atoms with Crippen molar-refractivity contribution >= 4 is 22.9 Å². The fraction of sp³-hybridized carbons (Fsp3) is 0.600. The molecule has 1 saturated carbocycles. The van der Waals surface area contributed by atoms with E-state index < -0.39 is 36.4 Å². The second-order valence-electron chi connectivity index (χ2n) is 9.14. The first kappa shape index (κ1) is 22.5. The smallest absolute Gasteiger partial charge is 0.255 e. The Kier molecular flexibility index (Phi) is 5.24. The molecule has 2 fully saturated rings. The van der Waals surface area contributed by atoms with Gasteiger partial charge in [-0.3, -0.25) is 4.79 Å². The zero-order chi connectivity index (χ0) is 24.3. The third kappa shape index (κ3) is 3.57. The molecule has 0 bridgehead atoms. The van der Waals surface area contributed by atoms with Crippen molar-refractivity contribution in [1.82, 2.24) is 40.2 Å². The Morgan fingerprint density at radius 3 is 2.79 bits per heavy atom. The van der Waals surface area contributed by atoms with Gasteiger partial charge >= 0.3 is 0 Å². The number of amides is 1. The molecule has 4 heterocycles. The van der Waals surface area contributed by atoms with E-state index in [0.29, 0.717) is 23.3 Å². The highest BCUT2D eigenvalue weighted by Gasteiger charge is 2.63. The van der Waals surface area contributed by atoms with E-state index in [2.05, 4.69) is 41.0 Å². The minimum absolute atomic E-state index is 0.148. The molecular weight excluding hydrogens is 452 g/mol. The number of halogens is 2. The van der Waals surface area contributed by atoms with Gasteiger partial charge in [-0.25, -0.2) is 23.7 Å².